The third-order valence-electron chi connectivity index (χ3n) is 6.90. The van der Waals surface area contributed by atoms with E-state index in [-0.39, 0.29) is 30.9 Å². The topological polar surface area (TPSA) is 83.7 Å². The van der Waals surface area contributed by atoms with Gasteiger partial charge in [0.1, 0.15) is 5.72 Å². The Balaban J connectivity index is 0.00000289. The molecule has 2 aromatic rings. The third-order valence-corrected chi connectivity index (χ3v) is 6.90. The Morgan fingerprint density at radius 1 is 1.28 bits per heavy atom. The highest BCUT2D eigenvalue weighted by atomic mass is 35.5. The molecular formula is C24H34ClN5O2. The van der Waals surface area contributed by atoms with Gasteiger partial charge < -0.3 is 15.8 Å². The van der Waals surface area contributed by atoms with Crippen molar-refractivity contribution < 1.29 is 9.53 Å². The number of nitrogens with two attached hydrogens (primary N) is 1. The summed E-state index contributed by atoms with van der Waals surface area (Å²) in [5.74, 6) is -0.0260. The first-order valence-electron chi connectivity index (χ1n) is 10.8. The second kappa shape index (κ2) is 9.08. The number of fused-ring (bicyclic) bond motifs is 1. The number of pyridine rings is 1. The summed E-state index contributed by atoms with van der Waals surface area (Å²) in [5.41, 5.74) is 9.39. The lowest BCUT2D eigenvalue weighted by atomic mass is 9.85. The minimum absolute atomic E-state index is 0. The van der Waals surface area contributed by atoms with Gasteiger partial charge >= 0.3 is 0 Å². The predicted molar refractivity (Wildman–Crippen MR) is 130 cm³/mol. The predicted octanol–water partition coefficient (Wildman–Crippen LogP) is 2.74. The molecule has 174 valence electrons. The van der Waals surface area contributed by atoms with Gasteiger partial charge in [0.15, 0.2) is 0 Å². The van der Waals surface area contributed by atoms with Crippen molar-refractivity contribution in [2.75, 3.05) is 31.6 Å². The van der Waals surface area contributed by atoms with Gasteiger partial charge in [0.25, 0.3) is 0 Å². The molecule has 0 radical (unpaired) electrons. The maximum Gasteiger partial charge on any atom is 0.242 e. The number of nitrogens with zero attached hydrogens (tertiary/aromatic N) is 3. The van der Waals surface area contributed by atoms with Crippen LogP contribution in [0.3, 0.4) is 0 Å². The lowest BCUT2D eigenvalue weighted by Gasteiger charge is -2.46. The van der Waals surface area contributed by atoms with Gasteiger partial charge in [-0.05, 0) is 19.9 Å². The number of nitrogens with one attached hydrogen (secondary N) is 1. The maximum absolute atomic E-state index is 13.6. The average molecular weight is 460 g/mol. The highest BCUT2D eigenvalue weighted by Gasteiger charge is 2.47. The Morgan fingerprint density at radius 2 is 1.97 bits per heavy atom. The summed E-state index contributed by atoms with van der Waals surface area (Å²) >= 11 is 0. The zero-order valence-corrected chi connectivity index (χ0v) is 20.3. The van der Waals surface area contributed by atoms with Crippen LogP contribution in [-0.2, 0) is 14.9 Å². The van der Waals surface area contributed by atoms with E-state index in [9.17, 15) is 4.79 Å². The Bertz CT molecular complexity index is 970. The van der Waals surface area contributed by atoms with Crippen LogP contribution in [0.2, 0.25) is 0 Å². The molecule has 0 bridgehead atoms. The van der Waals surface area contributed by atoms with E-state index < -0.39 is 17.3 Å². The quantitative estimate of drug-likeness (QED) is 0.731. The summed E-state index contributed by atoms with van der Waals surface area (Å²) in [6.07, 6.45) is 1.41. The monoisotopic (exact) mass is 459 g/mol. The van der Waals surface area contributed by atoms with E-state index in [1.807, 2.05) is 49.5 Å². The van der Waals surface area contributed by atoms with Gasteiger partial charge in [0.05, 0.1) is 24.1 Å². The minimum Gasteiger partial charge on any atom is -0.363 e. The number of carbonyl (C=O) groups excluding carboxylic acids is 1. The number of piperazine rings is 1. The van der Waals surface area contributed by atoms with E-state index >= 15 is 0 Å². The number of methoxy groups -OCH3 is 1. The van der Waals surface area contributed by atoms with E-state index in [0.717, 1.165) is 29.1 Å². The van der Waals surface area contributed by atoms with Crippen LogP contribution < -0.4 is 16.0 Å². The molecule has 32 heavy (non-hydrogen) atoms. The minimum atomic E-state index is -0.544. The van der Waals surface area contributed by atoms with Gasteiger partial charge in [0, 0.05) is 49.0 Å². The Kier molecular flexibility index (Phi) is 6.98. The van der Waals surface area contributed by atoms with Crippen molar-refractivity contribution in [2.24, 2.45) is 5.73 Å². The number of carbonyl (C=O) groups is 1. The lowest BCUT2D eigenvalue weighted by molar-refractivity contribution is -0.150. The smallest absolute Gasteiger partial charge is 0.242 e. The first-order valence-corrected chi connectivity index (χ1v) is 10.8. The van der Waals surface area contributed by atoms with Crippen LogP contribution in [0.1, 0.15) is 33.3 Å². The van der Waals surface area contributed by atoms with Crippen LogP contribution >= 0.6 is 12.4 Å². The summed E-state index contributed by atoms with van der Waals surface area (Å²) < 4.78 is 5.77. The molecular weight excluding hydrogens is 426 g/mol. The van der Waals surface area contributed by atoms with Crippen molar-refractivity contribution in [3.8, 4) is 11.3 Å². The number of hydrogen-bond donors (Lipinski definition) is 2. The number of amides is 1. The Hall–Kier alpha value is -2.03. The molecule has 4 rings (SSSR count). The molecule has 8 heteroatoms. The molecule has 1 aromatic heterocycles. The molecule has 0 aliphatic carbocycles. The number of aromatic nitrogens is 1. The molecule has 3 N–H and O–H groups in total. The molecule has 3 atom stereocenters. The first-order chi connectivity index (χ1) is 14.7. The molecule has 3 heterocycles. The third kappa shape index (κ3) is 4.16. The Morgan fingerprint density at radius 3 is 2.62 bits per heavy atom. The highest BCUT2D eigenvalue weighted by molar-refractivity contribution is 5.99. The lowest BCUT2D eigenvalue weighted by Crippen LogP contribution is -2.65. The largest absolute Gasteiger partial charge is 0.363 e. The molecule has 2 aliphatic heterocycles. The van der Waals surface area contributed by atoms with E-state index in [2.05, 4.69) is 36.0 Å². The van der Waals surface area contributed by atoms with Crippen molar-refractivity contribution in [2.45, 2.75) is 51.0 Å². The summed E-state index contributed by atoms with van der Waals surface area (Å²) in [4.78, 5) is 22.2. The normalized spacial score (nSPS) is 27.0. The number of hydrogen-bond acceptors (Lipinski definition) is 6. The van der Waals surface area contributed by atoms with Crippen molar-refractivity contribution in [3.63, 3.8) is 0 Å². The van der Waals surface area contributed by atoms with Gasteiger partial charge in [-0.3, -0.25) is 19.6 Å². The summed E-state index contributed by atoms with van der Waals surface area (Å²) in [5, 5.41) is 3.43. The van der Waals surface area contributed by atoms with E-state index in [4.69, 9.17) is 10.5 Å². The van der Waals surface area contributed by atoms with E-state index in [0.29, 0.717) is 6.54 Å². The van der Waals surface area contributed by atoms with Crippen molar-refractivity contribution in [1.82, 2.24) is 15.2 Å². The fraction of sp³-hybridized carbons (Fsp3) is 0.500. The number of benzene rings is 1. The molecule has 2 aliphatic rings. The van der Waals surface area contributed by atoms with Gasteiger partial charge in [-0.1, -0.05) is 44.2 Å². The summed E-state index contributed by atoms with van der Waals surface area (Å²) in [6, 6.07) is 12.3. The molecule has 1 unspecified atom stereocenters. The van der Waals surface area contributed by atoms with Gasteiger partial charge in [-0.15, -0.1) is 12.4 Å². The van der Waals surface area contributed by atoms with E-state index in [1.54, 1.807) is 12.0 Å². The van der Waals surface area contributed by atoms with Crippen molar-refractivity contribution in [3.05, 3.63) is 48.2 Å². The standard InChI is InChI=1S/C24H33N5O2.ClH/c1-16-13-28(24(4,31-5)15-27-16)14-21(30)29-20-11-19(17-9-7-6-8-10-17)26-12-18(20)23(2,3)22(29)25;/h6-12,16,22,27H,13-15,25H2,1-5H3;1H/t16-,22?,24-;/m1./s1. The van der Waals surface area contributed by atoms with Crippen LogP contribution in [0.4, 0.5) is 5.69 Å². The van der Waals surface area contributed by atoms with Crippen molar-refractivity contribution in [1.29, 1.82) is 0 Å². The average Bonchev–Trinajstić information content (AvgIpc) is 2.96. The van der Waals surface area contributed by atoms with Crippen molar-refractivity contribution >= 4 is 24.0 Å². The van der Waals surface area contributed by atoms with Crippen LogP contribution in [0, 0.1) is 0 Å². The molecule has 7 nitrogen and oxygen atoms in total. The Labute approximate surface area is 196 Å². The molecule has 0 spiro atoms. The van der Waals surface area contributed by atoms with Gasteiger partial charge in [-0.25, -0.2) is 0 Å². The second-order valence-corrected chi connectivity index (χ2v) is 9.42. The van der Waals surface area contributed by atoms with Crippen LogP contribution in [-0.4, -0.2) is 60.5 Å². The van der Waals surface area contributed by atoms with Gasteiger partial charge in [-0.2, -0.15) is 0 Å². The van der Waals surface area contributed by atoms with Gasteiger partial charge in [0.2, 0.25) is 5.91 Å². The fourth-order valence-electron chi connectivity index (χ4n) is 4.56. The SMILES string of the molecule is CO[C@]1(C)CN[C@H](C)CN1CC(=O)N1c2cc(-c3ccccc3)ncc2C(C)(C)C1N.Cl. The van der Waals surface area contributed by atoms with Crippen LogP contribution in [0.15, 0.2) is 42.6 Å². The van der Waals surface area contributed by atoms with Crippen LogP contribution in [0.25, 0.3) is 11.3 Å². The molecule has 1 amide bonds. The molecule has 1 fully saturated rings. The van der Waals surface area contributed by atoms with E-state index in [1.165, 1.54) is 0 Å². The fourth-order valence-corrected chi connectivity index (χ4v) is 4.56. The summed E-state index contributed by atoms with van der Waals surface area (Å²) in [6.45, 7) is 9.89. The number of ether oxygens (including phenoxy) is 1. The zero-order chi connectivity index (χ0) is 22.4. The number of anilines is 1. The summed E-state index contributed by atoms with van der Waals surface area (Å²) in [7, 11) is 1.69. The second-order valence-electron chi connectivity index (χ2n) is 9.42. The molecule has 1 aromatic carbocycles. The van der Waals surface area contributed by atoms with Crippen LogP contribution in [0.5, 0.6) is 0 Å². The maximum atomic E-state index is 13.6. The number of halogens is 1. The molecule has 1 saturated heterocycles. The molecule has 0 saturated carbocycles. The highest BCUT2D eigenvalue weighted by Crippen LogP contribution is 2.44. The zero-order valence-electron chi connectivity index (χ0n) is 19.5. The number of rotatable bonds is 4. The first kappa shape index (κ1) is 24.6.